The Morgan fingerprint density at radius 1 is 1.50 bits per heavy atom. The number of hydrogen-bond donors (Lipinski definition) is 2. The van der Waals surface area contributed by atoms with E-state index < -0.39 is 0 Å². The van der Waals surface area contributed by atoms with Gasteiger partial charge in [-0.1, -0.05) is 6.92 Å². The number of aromatic nitrogens is 2. The molecule has 0 spiro atoms. The highest BCUT2D eigenvalue weighted by atomic mass is 16.3. The molecule has 1 aliphatic rings. The zero-order chi connectivity index (χ0) is 13.0. The highest BCUT2D eigenvalue weighted by Crippen LogP contribution is 2.30. The largest absolute Gasteiger partial charge is 0.396 e. The van der Waals surface area contributed by atoms with Gasteiger partial charge in [-0.25, -0.2) is 0 Å². The zero-order valence-corrected chi connectivity index (χ0v) is 11.6. The molecule has 0 bridgehead atoms. The second-order valence-electron chi connectivity index (χ2n) is 5.41. The molecule has 4 nitrogen and oxygen atoms in total. The Bertz CT molecular complexity index is 380. The van der Waals surface area contributed by atoms with E-state index in [0.29, 0.717) is 0 Å². The number of aliphatic hydroxyl groups excluding tert-OH is 1. The first-order valence-corrected chi connectivity index (χ1v) is 7.10. The number of rotatable bonds is 5. The van der Waals surface area contributed by atoms with Crippen molar-refractivity contribution in [3.63, 3.8) is 0 Å². The number of aliphatic hydroxyl groups is 1. The predicted octanol–water partition coefficient (Wildman–Crippen LogP) is 1.37. The number of aryl methyl sites for hydroxylation is 2. The first kappa shape index (κ1) is 13.6. The molecule has 18 heavy (non-hydrogen) atoms. The van der Waals surface area contributed by atoms with Gasteiger partial charge in [-0.2, -0.15) is 5.10 Å². The van der Waals surface area contributed by atoms with Crippen LogP contribution in [0.1, 0.15) is 38.1 Å². The van der Waals surface area contributed by atoms with Crippen LogP contribution in [-0.2, 0) is 19.4 Å². The highest BCUT2D eigenvalue weighted by molar-refractivity contribution is 5.13. The van der Waals surface area contributed by atoms with E-state index in [-0.39, 0.29) is 12.0 Å². The predicted molar refractivity (Wildman–Crippen MR) is 72.6 cm³/mol. The fourth-order valence-corrected chi connectivity index (χ4v) is 2.86. The molecule has 0 aromatic carbocycles. The second kappa shape index (κ2) is 5.85. The van der Waals surface area contributed by atoms with Crippen LogP contribution in [0, 0.1) is 5.41 Å². The van der Waals surface area contributed by atoms with Crippen molar-refractivity contribution in [3.8, 4) is 0 Å². The Labute approximate surface area is 109 Å². The highest BCUT2D eigenvalue weighted by Gasteiger charge is 2.32. The fraction of sp³-hybridized carbons (Fsp3) is 0.786. The summed E-state index contributed by atoms with van der Waals surface area (Å²) in [5.74, 6) is 0. The van der Waals surface area contributed by atoms with Crippen LogP contribution in [0.5, 0.6) is 0 Å². The van der Waals surface area contributed by atoms with Crippen molar-refractivity contribution in [3.05, 3.63) is 17.5 Å². The maximum atomic E-state index is 9.76. The Kier molecular flexibility index (Phi) is 4.40. The van der Waals surface area contributed by atoms with Gasteiger partial charge in [0, 0.05) is 24.2 Å². The van der Waals surface area contributed by atoms with E-state index in [0.717, 1.165) is 51.0 Å². The van der Waals surface area contributed by atoms with E-state index in [1.54, 1.807) is 0 Å². The van der Waals surface area contributed by atoms with Crippen molar-refractivity contribution in [1.82, 2.24) is 15.1 Å². The average Bonchev–Trinajstić information content (AvgIpc) is 2.82. The zero-order valence-electron chi connectivity index (χ0n) is 11.6. The van der Waals surface area contributed by atoms with Crippen molar-refractivity contribution in [2.45, 2.75) is 46.1 Å². The summed E-state index contributed by atoms with van der Waals surface area (Å²) < 4.78 is 2.09. The minimum atomic E-state index is 0.0101. The van der Waals surface area contributed by atoms with Gasteiger partial charge >= 0.3 is 0 Å². The van der Waals surface area contributed by atoms with E-state index in [1.165, 1.54) is 5.69 Å². The summed E-state index contributed by atoms with van der Waals surface area (Å²) >= 11 is 0. The third-order valence-corrected chi connectivity index (χ3v) is 4.03. The Morgan fingerprint density at radius 2 is 2.33 bits per heavy atom. The Hall–Kier alpha value is -0.870. The molecule has 1 aliphatic heterocycles. The molecule has 1 aromatic heterocycles. The summed E-state index contributed by atoms with van der Waals surface area (Å²) in [6.07, 6.45) is 4.16. The molecule has 102 valence electrons. The summed E-state index contributed by atoms with van der Waals surface area (Å²) in [4.78, 5) is 0. The van der Waals surface area contributed by atoms with Gasteiger partial charge < -0.3 is 10.4 Å². The molecule has 2 N–H and O–H groups in total. The maximum absolute atomic E-state index is 9.76. The smallest absolute Gasteiger partial charge is 0.0624 e. The summed E-state index contributed by atoms with van der Waals surface area (Å²) in [5, 5.41) is 17.8. The van der Waals surface area contributed by atoms with Gasteiger partial charge in [-0.15, -0.1) is 0 Å². The van der Waals surface area contributed by atoms with Gasteiger partial charge in [0.1, 0.15) is 0 Å². The molecule has 1 saturated heterocycles. The number of nitrogens with one attached hydrogen (secondary N) is 1. The molecule has 1 fully saturated rings. The van der Waals surface area contributed by atoms with Gasteiger partial charge in [0.05, 0.1) is 12.3 Å². The lowest BCUT2D eigenvalue weighted by atomic mass is 9.77. The van der Waals surface area contributed by atoms with Gasteiger partial charge in [0.15, 0.2) is 0 Å². The first-order valence-electron chi connectivity index (χ1n) is 7.10. The quantitative estimate of drug-likeness (QED) is 0.831. The lowest BCUT2D eigenvalue weighted by Gasteiger charge is -2.36. The lowest BCUT2D eigenvalue weighted by molar-refractivity contribution is 0.0926. The molecule has 4 heteroatoms. The summed E-state index contributed by atoms with van der Waals surface area (Å²) in [6, 6.07) is 2.20. The molecule has 0 aliphatic carbocycles. The standard InChI is InChI=1S/C14H25N3O/c1-3-12-8-13(17(4-2)16-12)9-14(11-18)6-5-7-15-10-14/h8,15,18H,3-7,9-11H2,1-2H3. The van der Waals surface area contributed by atoms with Crippen LogP contribution in [0.3, 0.4) is 0 Å². The third-order valence-electron chi connectivity index (χ3n) is 4.03. The molecule has 0 saturated carbocycles. The van der Waals surface area contributed by atoms with Crippen molar-refractivity contribution >= 4 is 0 Å². The number of nitrogens with zero attached hydrogens (tertiary/aromatic N) is 2. The van der Waals surface area contributed by atoms with Crippen molar-refractivity contribution in [1.29, 1.82) is 0 Å². The Balaban J connectivity index is 2.17. The van der Waals surface area contributed by atoms with Crippen molar-refractivity contribution < 1.29 is 5.11 Å². The minimum absolute atomic E-state index is 0.0101. The van der Waals surface area contributed by atoms with Gasteiger partial charge in [-0.3, -0.25) is 4.68 Å². The molecule has 0 amide bonds. The normalized spacial score (nSPS) is 24.4. The first-order chi connectivity index (χ1) is 8.73. The van der Waals surface area contributed by atoms with Crippen LogP contribution in [0.15, 0.2) is 6.07 Å². The minimum Gasteiger partial charge on any atom is -0.396 e. The number of piperidine rings is 1. The van der Waals surface area contributed by atoms with E-state index in [4.69, 9.17) is 0 Å². The molecular weight excluding hydrogens is 226 g/mol. The molecular formula is C14H25N3O. The summed E-state index contributed by atoms with van der Waals surface area (Å²) in [6.45, 7) is 7.42. The van der Waals surface area contributed by atoms with Crippen LogP contribution in [0.25, 0.3) is 0 Å². The number of hydrogen-bond acceptors (Lipinski definition) is 3. The van der Waals surface area contributed by atoms with Crippen molar-refractivity contribution in [2.24, 2.45) is 5.41 Å². The SMILES string of the molecule is CCc1cc(CC2(CO)CCCNC2)n(CC)n1. The van der Waals surface area contributed by atoms with Crippen LogP contribution >= 0.6 is 0 Å². The monoisotopic (exact) mass is 251 g/mol. The average molecular weight is 251 g/mol. The molecule has 2 heterocycles. The molecule has 1 aromatic rings. The van der Waals surface area contributed by atoms with Gasteiger partial charge in [-0.05, 0) is 45.2 Å². The van der Waals surface area contributed by atoms with Crippen molar-refractivity contribution in [2.75, 3.05) is 19.7 Å². The van der Waals surface area contributed by atoms with E-state index in [2.05, 4.69) is 35.0 Å². The van der Waals surface area contributed by atoms with Crippen LogP contribution in [-0.4, -0.2) is 34.6 Å². The summed E-state index contributed by atoms with van der Waals surface area (Å²) in [5.41, 5.74) is 2.44. The van der Waals surface area contributed by atoms with Gasteiger partial charge in [0.2, 0.25) is 0 Å². The topological polar surface area (TPSA) is 50.1 Å². The Morgan fingerprint density at radius 3 is 2.89 bits per heavy atom. The van der Waals surface area contributed by atoms with Crippen LogP contribution in [0.2, 0.25) is 0 Å². The second-order valence-corrected chi connectivity index (χ2v) is 5.41. The molecule has 2 rings (SSSR count). The molecule has 1 atom stereocenters. The van der Waals surface area contributed by atoms with Gasteiger partial charge in [0.25, 0.3) is 0 Å². The lowest BCUT2D eigenvalue weighted by Crippen LogP contribution is -2.44. The maximum Gasteiger partial charge on any atom is 0.0624 e. The molecule has 0 radical (unpaired) electrons. The van der Waals surface area contributed by atoms with E-state index in [9.17, 15) is 5.11 Å². The van der Waals surface area contributed by atoms with Crippen LogP contribution < -0.4 is 5.32 Å². The summed E-state index contributed by atoms with van der Waals surface area (Å²) in [7, 11) is 0. The van der Waals surface area contributed by atoms with E-state index in [1.807, 2.05) is 0 Å². The fourth-order valence-electron chi connectivity index (χ4n) is 2.86. The van der Waals surface area contributed by atoms with Crippen LogP contribution in [0.4, 0.5) is 0 Å². The third kappa shape index (κ3) is 2.75. The van der Waals surface area contributed by atoms with E-state index >= 15 is 0 Å². The molecule has 1 unspecified atom stereocenters.